The first-order valence-corrected chi connectivity index (χ1v) is 12.6. The molecule has 2 heterocycles. The fourth-order valence-electron chi connectivity index (χ4n) is 2.95. The largest absolute Gasteiger partial charge is 0.490 e. The molecule has 0 saturated heterocycles. The van der Waals surface area contributed by atoms with Crippen LogP contribution in [0.3, 0.4) is 0 Å². The van der Waals surface area contributed by atoms with Crippen molar-refractivity contribution in [2.45, 2.75) is 39.3 Å². The van der Waals surface area contributed by atoms with Crippen molar-refractivity contribution in [3.05, 3.63) is 52.0 Å². The lowest BCUT2D eigenvalue weighted by molar-refractivity contribution is 0.0947. The lowest BCUT2D eigenvalue weighted by Gasteiger charge is -2.16. The minimum atomic E-state index is -4.65. The lowest BCUT2D eigenvalue weighted by Crippen LogP contribution is -2.19. The number of unbranched alkanes of at least 4 members (excludes halogenated alkanes) is 1. The summed E-state index contributed by atoms with van der Waals surface area (Å²) >= 11 is 7.48. The number of ether oxygens (including phenoxy) is 1. The number of phosphoric acid groups is 1. The van der Waals surface area contributed by atoms with Crippen LogP contribution in [0.5, 0.6) is 5.75 Å². The third-order valence-electron chi connectivity index (χ3n) is 4.38. The van der Waals surface area contributed by atoms with E-state index in [4.69, 9.17) is 26.1 Å². The van der Waals surface area contributed by atoms with Crippen LogP contribution in [0.4, 0.5) is 0 Å². The van der Waals surface area contributed by atoms with Gasteiger partial charge in [0.15, 0.2) is 4.80 Å². The molecule has 0 aliphatic carbocycles. The molecule has 0 spiro atoms. The van der Waals surface area contributed by atoms with Crippen molar-refractivity contribution in [2.75, 3.05) is 6.61 Å². The molecule has 0 bridgehead atoms. The lowest BCUT2D eigenvalue weighted by atomic mass is 10.2. The van der Waals surface area contributed by atoms with Crippen LogP contribution in [0.25, 0.3) is 10.2 Å². The first kappa shape index (κ1) is 24.6. The Labute approximate surface area is 193 Å². The summed E-state index contributed by atoms with van der Waals surface area (Å²) in [6.45, 7) is 4.05. The predicted molar refractivity (Wildman–Crippen MR) is 122 cm³/mol. The number of benzene rings is 1. The van der Waals surface area contributed by atoms with Gasteiger partial charge in [-0.2, -0.15) is 4.99 Å². The van der Waals surface area contributed by atoms with Crippen molar-refractivity contribution in [1.29, 1.82) is 0 Å². The van der Waals surface area contributed by atoms with E-state index in [1.54, 1.807) is 18.5 Å². The number of amides is 1. The third-order valence-corrected chi connectivity index (χ3v) is 6.31. The summed E-state index contributed by atoms with van der Waals surface area (Å²) in [6, 6.07) is 6.38. The highest BCUT2D eigenvalue weighted by Gasteiger charge is 2.21. The number of thiazole rings is 1. The van der Waals surface area contributed by atoms with Gasteiger partial charge in [0.05, 0.1) is 22.0 Å². The van der Waals surface area contributed by atoms with E-state index in [0.717, 1.165) is 23.1 Å². The number of hydrogen-bond donors (Lipinski definition) is 2. The molecular formula is C20H23ClN3O6PS. The van der Waals surface area contributed by atoms with E-state index >= 15 is 0 Å². The summed E-state index contributed by atoms with van der Waals surface area (Å²) in [5.41, 5.74) is 1.04. The van der Waals surface area contributed by atoms with Crippen LogP contribution < -0.4 is 9.54 Å². The SMILES string of the molecule is CCCCn1/c(=N/C(=O)c2cc(Cl)ccc2OC[C@H](C)OP(=O)(O)O)sc2ccncc21. The number of phosphoric ester groups is 1. The van der Waals surface area contributed by atoms with Gasteiger partial charge in [0.2, 0.25) is 0 Å². The Balaban J connectivity index is 1.93. The highest BCUT2D eigenvalue weighted by Crippen LogP contribution is 2.37. The molecule has 0 aliphatic heterocycles. The number of aromatic nitrogens is 2. The Morgan fingerprint density at radius 3 is 2.88 bits per heavy atom. The highest BCUT2D eigenvalue weighted by molar-refractivity contribution is 7.46. The number of carbonyl (C=O) groups is 1. The molecule has 172 valence electrons. The van der Waals surface area contributed by atoms with Crippen molar-refractivity contribution in [2.24, 2.45) is 4.99 Å². The van der Waals surface area contributed by atoms with Gasteiger partial charge in [-0.1, -0.05) is 36.3 Å². The molecule has 0 fully saturated rings. The molecule has 3 aromatic rings. The number of pyridine rings is 1. The maximum Gasteiger partial charge on any atom is 0.469 e. The van der Waals surface area contributed by atoms with Crippen molar-refractivity contribution in [1.82, 2.24) is 9.55 Å². The molecule has 3 rings (SSSR count). The predicted octanol–water partition coefficient (Wildman–Crippen LogP) is 4.17. The number of aryl methyl sites for hydroxylation is 1. The van der Waals surface area contributed by atoms with Crippen LogP contribution in [0.2, 0.25) is 5.02 Å². The minimum absolute atomic E-state index is 0.138. The quantitative estimate of drug-likeness (QED) is 0.423. The molecule has 1 amide bonds. The smallest absolute Gasteiger partial charge is 0.469 e. The van der Waals surface area contributed by atoms with Crippen LogP contribution >= 0.6 is 30.8 Å². The van der Waals surface area contributed by atoms with Crippen LogP contribution in [0.15, 0.2) is 41.7 Å². The molecule has 0 saturated carbocycles. The molecule has 12 heteroatoms. The molecule has 32 heavy (non-hydrogen) atoms. The molecule has 1 aromatic carbocycles. The van der Waals surface area contributed by atoms with Crippen LogP contribution in [0, 0.1) is 0 Å². The maximum atomic E-state index is 13.1. The summed E-state index contributed by atoms with van der Waals surface area (Å²) in [7, 11) is -4.65. The second-order valence-corrected chi connectivity index (χ2v) is 9.65. The molecule has 0 aliphatic rings. The van der Waals surface area contributed by atoms with Gasteiger partial charge in [0.1, 0.15) is 18.5 Å². The summed E-state index contributed by atoms with van der Waals surface area (Å²) in [5, 5.41) is 0.329. The summed E-state index contributed by atoms with van der Waals surface area (Å²) in [4.78, 5) is 40.0. The first-order chi connectivity index (χ1) is 15.2. The molecular weight excluding hydrogens is 477 g/mol. The van der Waals surface area contributed by atoms with Crippen LogP contribution in [-0.2, 0) is 15.6 Å². The van der Waals surface area contributed by atoms with Crippen molar-refractivity contribution < 1.29 is 28.4 Å². The van der Waals surface area contributed by atoms with Gasteiger partial charge in [-0.15, -0.1) is 0 Å². The van der Waals surface area contributed by atoms with E-state index in [1.807, 2.05) is 10.6 Å². The van der Waals surface area contributed by atoms with Gasteiger partial charge in [0.25, 0.3) is 5.91 Å². The summed E-state index contributed by atoms with van der Waals surface area (Å²) in [5.74, 6) is -0.358. The second kappa shape index (κ2) is 10.7. The maximum absolute atomic E-state index is 13.1. The number of halogens is 1. The Bertz CT molecular complexity index is 1220. The number of nitrogens with zero attached hydrogens (tertiary/aromatic N) is 3. The Hall–Kier alpha value is -2.07. The van der Waals surface area contributed by atoms with E-state index in [-0.39, 0.29) is 17.9 Å². The molecule has 2 N–H and O–H groups in total. The fourth-order valence-corrected chi connectivity index (χ4v) is 4.67. The van der Waals surface area contributed by atoms with Gasteiger partial charge in [-0.05, 0) is 37.6 Å². The standard InChI is InChI=1S/C20H23ClN3O6PS/c1-3-4-9-24-16-11-22-8-7-18(16)32-20(24)23-19(25)15-10-14(21)5-6-17(15)29-12-13(2)30-31(26,27)28/h5-8,10-11,13H,3-4,9,12H2,1-2H3,(H2,26,27,28)/b23-20-/t13-/m0/s1. The minimum Gasteiger partial charge on any atom is -0.490 e. The van der Waals surface area contributed by atoms with Gasteiger partial charge in [-0.25, -0.2) is 4.57 Å². The van der Waals surface area contributed by atoms with Crippen molar-refractivity contribution in [3.8, 4) is 5.75 Å². The fraction of sp³-hybridized carbons (Fsp3) is 0.350. The Kier molecular flexibility index (Phi) is 8.21. The van der Waals surface area contributed by atoms with Gasteiger partial charge >= 0.3 is 7.82 Å². The summed E-state index contributed by atoms with van der Waals surface area (Å²) in [6.07, 6.45) is 4.45. The highest BCUT2D eigenvalue weighted by atomic mass is 35.5. The van der Waals surface area contributed by atoms with Gasteiger partial charge in [0, 0.05) is 17.8 Å². The average Bonchev–Trinajstić information content (AvgIpc) is 3.06. The molecule has 1 atom stereocenters. The number of hydrogen-bond acceptors (Lipinski definition) is 6. The Morgan fingerprint density at radius 2 is 2.16 bits per heavy atom. The van der Waals surface area contributed by atoms with E-state index < -0.39 is 19.8 Å². The van der Waals surface area contributed by atoms with E-state index in [2.05, 4.69) is 21.4 Å². The summed E-state index contributed by atoms with van der Waals surface area (Å²) < 4.78 is 24.1. The zero-order valence-corrected chi connectivity index (χ0v) is 19.9. The average molecular weight is 500 g/mol. The zero-order valence-electron chi connectivity index (χ0n) is 17.5. The number of rotatable bonds is 9. The number of carbonyl (C=O) groups excluding carboxylic acids is 1. The molecule has 0 radical (unpaired) electrons. The van der Waals surface area contributed by atoms with E-state index in [0.29, 0.717) is 16.4 Å². The first-order valence-electron chi connectivity index (χ1n) is 9.86. The topological polar surface area (TPSA) is 123 Å². The van der Waals surface area contributed by atoms with Crippen LogP contribution in [0.1, 0.15) is 37.0 Å². The monoisotopic (exact) mass is 499 g/mol. The van der Waals surface area contributed by atoms with Crippen LogP contribution in [-0.4, -0.2) is 38.0 Å². The third kappa shape index (κ3) is 6.48. The van der Waals surface area contributed by atoms with E-state index in [1.165, 1.54) is 30.4 Å². The van der Waals surface area contributed by atoms with Gasteiger partial charge in [-0.3, -0.25) is 14.3 Å². The van der Waals surface area contributed by atoms with Gasteiger partial charge < -0.3 is 19.1 Å². The normalized spacial score (nSPS) is 13.5. The second-order valence-electron chi connectivity index (χ2n) is 7.01. The van der Waals surface area contributed by atoms with E-state index in [9.17, 15) is 9.36 Å². The van der Waals surface area contributed by atoms with Crippen molar-refractivity contribution >= 4 is 46.9 Å². The molecule has 0 unspecified atom stereocenters. The number of fused-ring (bicyclic) bond motifs is 1. The molecule has 9 nitrogen and oxygen atoms in total. The Morgan fingerprint density at radius 1 is 1.38 bits per heavy atom. The van der Waals surface area contributed by atoms with Crippen molar-refractivity contribution in [3.63, 3.8) is 0 Å². The molecule has 2 aromatic heterocycles. The zero-order chi connectivity index (χ0) is 23.3.